The lowest BCUT2D eigenvalue weighted by Crippen LogP contribution is -2.67. The molecule has 0 amide bonds. The summed E-state index contributed by atoms with van der Waals surface area (Å²) in [5, 5.41) is 0. The van der Waals surface area contributed by atoms with E-state index < -0.39 is 40.5 Å². The lowest BCUT2D eigenvalue weighted by atomic mass is 9.45. The summed E-state index contributed by atoms with van der Waals surface area (Å²) in [6.45, 7) is 5.84. The van der Waals surface area contributed by atoms with Gasteiger partial charge in [-0.2, -0.15) is 0 Å². The van der Waals surface area contributed by atoms with E-state index in [1.165, 1.54) is 26.0 Å². The lowest BCUT2D eigenvalue weighted by Gasteiger charge is -2.62. The fraction of sp³-hybridized carbons (Fsp3) is 0.600. The Morgan fingerprint density at radius 2 is 1.88 bits per heavy atom. The smallest absolute Gasteiger partial charge is 0.303 e. The van der Waals surface area contributed by atoms with Crippen LogP contribution in [0.2, 0.25) is 0 Å². The number of rotatable bonds is 4. The van der Waals surface area contributed by atoms with Gasteiger partial charge in [0.15, 0.2) is 23.8 Å². The quantitative estimate of drug-likeness (QED) is 0.616. The number of carbonyl (C=O) groups is 4. The summed E-state index contributed by atoms with van der Waals surface area (Å²) >= 11 is 0. The highest BCUT2D eigenvalue weighted by molar-refractivity contribution is 6.01. The van der Waals surface area contributed by atoms with Crippen LogP contribution in [0.25, 0.3) is 0 Å². The van der Waals surface area contributed by atoms with Crippen LogP contribution in [0, 0.1) is 22.7 Å². The Labute approximate surface area is 186 Å². The minimum absolute atomic E-state index is 0.145. The van der Waals surface area contributed by atoms with Gasteiger partial charge < -0.3 is 9.47 Å². The summed E-state index contributed by atoms with van der Waals surface area (Å²) < 4.78 is 28.0. The molecule has 0 unspecified atom stereocenters. The molecule has 0 aromatic rings. The van der Waals surface area contributed by atoms with Crippen LogP contribution in [0.3, 0.4) is 0 Å². The van der Waals surface area contributed by atoms with E-state index in [0.29, 0.717) is 24.8 Å². The molecule has 0 N–H and O–H groups in total. The van der Waals surface area contributed by atoms with E-state index in [2.05, 4.69) is 0 Å². The third-order valence-electron chi connectivity index (χ3n) is 8.21. The molecule has 0 spiro atoms. The summed E-state index contributed by atoms with van der Waals surface area (Å²) in [7, 11) is 0. The molecule has 0 aromatic heterocycles. The van der Waals surface area contributed by atoms with E-state index in [1.54, 1.807) is 13.0 Å². The highest BCUT2D eigenvalue weighted by Gasteiger charge is 2.71. The molecular weight excluding hydrogens is 415 g/mol. The number of ether oxygens (including phenoxy) is 2. The average molecular weight is 444 g/mol. The number of hydrogen-bond acceptors (Lipinski definition) is 6. The summed E-state index contributed by atoms with van der Waals surface area (Å²) in [6, 6.07) is 0. The van der Waals surface area contributed by atoms with Crippen LogP contribution in [0.15, 0.2) is 35.5 Å². The lowest BCUT2D eigenvalue weighted by molar-refractivity contribution is -0.206. The van der Waals surface area contributed by atoms with Crippen molar-refractivity contribution in [2.24, 2.45) is 22.7 Å². The first-order valence-corrected chi connectivity index (χ1v) is 11.1. The maximum absolute atomic E-state index is 17.4. The topological polar surface area (TPSA) is 86.7 Å². The van der Waals surface area contributed by atoms with Gasteiger partial charge in [0.05, 0.1) is 0 Å². The maximum Gasteiger partial charge on any atom is 0.303 e. The third kappa shape index (κ3) is 3.11. The van der Waals surface area contributed by atoms with Gasteiger partial charge in [-0.25, -0.2) is 4.39 Å². The predicted molar refractivity (Wildman–Crippen MR) is 113 cm³/mol. The standard InChI is InChI=1S/C25H29FO6/c1-14(27)31-13-21(30)20-8-7-18-19-6-5-16-11-17(29)9-10-24(16,4)25(19,26)22(32-15(2)28)12-23(18,20)3/h8-11,18-19,22H,5-7,12-13H2,1-4H3/t18-,19-,22-,23+,24+,25-/m1/s1. The molecule has 0 aliphatic heterocycles. The molecule has 2 fully saturated rings. The van der Waals surface area contributed by atoms with Crippen LogP contribution in [-0.2, 0) is 28.7 Å². The number of ketones is 2. The van der Waals surface area contributed by atoms with Crippen LogP contribution in [0.5, 0.6) is 0 Å². The first-order chi connectivity index (χ1) is 14.9. The Balaban J connectivity index is 1.76. The van der Waals surface area contributed by atoms with E-state index >= 15 is 4.39 Å². The number of alkyl halides is 1. The van der Waals surface area contributed by atoms with Crippen molar-refractivity contribution in [2.75, 3.05) is 6.61 Å². The molecule has 0 bridgehead atoms. The zero-order chi connectivity index (χ0) is 23.5. The van der Waals surface area contributed by atoms with E-state index in [1.807, 2.05) is 13.0 Å². The van der Waals surface area contributed by atoms with Gasteiger partial charge in [0, 0.05) is 36.2 Å². The zero-order valence-electron chi connectivity index (χ0n) is 18.9. The van der Waals surface area contributed by atoms with Gasteiger partial charge in [0.25, 0.3) is 0 Å². The van der Waals surface area contributed by atoms with Crippen LogP contribution in [-0.4, -0.2) is 41.9 Å². The van der Waals surface area contributed by atoms with Gasteiger partial charge in [-0.05, 0) is 50.7 Å². The van der Waals surface area contributed by atoms with E-state index in [-0.39, 0.29) is 30.5 Å². The number of halogens is 1. The van der Waals surface area contributed by atoms with E-state index in [4.69, 9.17) is 9.47 Å². The molecule has 6 atom stereocenters. The monoisotopic (exact) mass is 444 g/mol. The second kappa shape index (κ2) is 7.49. The number of hydrogen-bond donors (Lipinski definition) is 0. The molecule has 6 nitrogen and oxygen atoms in total. The Morgan fingerprint density at radius 1 is 1.16 bits per heavy atom. The van der Waals surface area contributed by atoms with Gasteiger partial charge in [-0.15, -0.1) is 0 Å². The van der Waals surface area contributed by atoms with Crippen LogP contribution in [0.4, 0.5) is 4.39 Å². The fourth-order valence-corrected chi connectivity index (χ4v) is 6.75. The second-order valence-corrected chi connectivity index (χ2v) is 9.90. The maximum atomic E-state index is 17.4. The van der Waals surface area contributed by atoms with E-state index in [0.717, 1.165) is 5.57 Å². The van der Waals surface area contributed by atoms with Gasteiger partial charge in [-0.1, -0.05) is 24.6 Å². The predicted octanol–water partition coefficient (Wildman–Crippen LogP) is 3.60. The Bertz CT molecular complexity index is 992. The molecule has 2 saturated carbocycles. The third-order valence-corrected chi connectivity index (χ3v) is 8.21. The highest BCUT2D eigenvalue weighted by Crippen LogP contribution is 2.68. The minimum Gasteiger partial charge on any atom is -0.459 e. The van der Waals surface area contributed by atoms with Crippen molar-refractivity contribution >= 4 is 23.5 Å². The molecule has 4 aliphatic rings. The average Bonchev–Trinajstić information content (AvgIpc) is 3.04. The molecule has 4 rings (SSSR count). The number of esters is 2. The molecule has 0 radical (unpaired) electrons. The van der Waals surface area contributed by atoms with Crippen LogP contribution < -0.4 is 0 Å². The number of Topliss-reactive ketones (excluding diaryl/α,β-unsaturated/α-hetero) is 1. The molecular formula is C25H29FO6. The van der Waals surface area contributed by atoms with Gasteiger partial charge in [0.1, 0.15) is 6.10 Å². The Morgan fingerprint density at radius 3 is 2.53 bits per heavy atom. The van der Waals surface area contributed by atoms with Gasteiger partial charge in [-0.3, -0.25) is 19.2 Å². The molecule has 0 heterocycles. The molecule has 7 heteroatoms. The first-order valence-electron chi connectivity index (χ1n) is 11.1. The normalized spacial score (nSPS) is 39.8. The van der Waals surface area contributed by atoms with E-state index in [9.17, 15) is 19.2 Å². The minimum atomic E-state index is -1.91. The van der Waals surface area contributed by atoms with Crippen molar-refractivity contribution in [3.05, 3.63) is 35.5 Å². The van der Waals surface area contributed by atoms with Gasteiger partial charge >= 0.3 is 11.9 Å². The Kier molecular flexibility index (Phi) is 5.30. The van der Waals surface area contributed by atoms with Crippen molar-refractivity contribution in [1.29, 1.82) is 0 Å². The van der Waals surface area contributed by atoms with Crippen molar-refractivity contribution in [2.45, 2.75) is 65.2 Å². The molecule has 4 aliphatic carbocycles. The van der Waals surface area contributed by atoms with Crippen molar-refractivity contribution in [1.82, 2.24) is 0 Å². The number of fused-ring (bicyclic) bond motifs is 5. The SMILES string of the molecule is CC(=O)OCC(=O)C1=CC[C@@H]2[C@H]3CCC4=CC(=O)C=C[C@]4(C)[C@]3(F)[C@H](OC(C)=O)C[C@]12C. The molecule has 0 aromatic carbocycles. The summed E-state index contributed by atoms with van der Waals surface area (Å²) in [4.78, 5) is 48.1. The second-order valence-electron chi connectivity index (χ2n) is 9.90. The number of carbonyl (C=O) groups excluding carboxylic acids is 4. The van der Waals surface area contributed by atoms with Crippen molar-refractivity contribution in [3.8, 4) is 0 Å². The van der Waals surface area contributed by atoms with Crippen molar-refractivity contribution in [3.63, 3.8) is 0 Å². The van der Waals surface area contributed by atoms with Crippen LogP contribution in [0.1, 0.15) is 53.4 Å². The summed E-state index contributed by atoms with van der Waals surface area (Å²) in [5.74, 6) is -2.23. The van der Waals surface area contributed by atoms with Gasteiger partial charge in [0.2, 0.25) is 0 Å². The number of allylic oxidation sites excluding steroid dienone is 5. The zero-order valence-corrected chi connectivity index (χ0v) is 18.9. The molecule has 32 heavy (non-hydrogen) atoms. The van der Waals surface area contributed by atoms with Crippen molar-refractivity contribution < 1.29 is 33.0 Å². The first kappa shape index (κ1) is 22.6. The molecule has 0 saturated heterocycles. The highest BCUT2D eigenvalue weighted by atomic mass is 19.1. The van der Waals surface area contributed by atoms with Crippen LogP contribution >= 0.6 is 0 Å². The Hall–Kier alpha value is -2.57. The fourth-order valence-electron chi connectivity index (χ4n) is 6.75. The molecule has 172 valence electrons. The summed E-state index contributed by atoms with van der Waals surface area (Å²) in [6.07, 6.45) is 7.03. The summed E-state index contributed by atoms with van der Waals surface area (Å²) in [5.41, 5.74) is -2.45. The largest absolute Gasteiger partial charge is 0.459 e.